The van der Waals surface area contributed by atoms with Gasteiger partial charge in [-0.05, 0) is 36.1 Å². The number of hydrogen-bond donors (Lipinski definition) is 2. The number of halogens is 2. The van der Waals surface area contributed by atoms with Crippen molar-refractivity contribution in [3.63, 3.8) is 0 Å². The molecule has 1 atom stereocenters. The number of H-pyrrole nitrogens is 1. The van der Waals surface area contributed by atoms with E-state index in [1.54, 1.807) is 12.3 Å². The molecule has 2 aromatic rings. The topological polar surface area (TPSA) is 40.7 Å². The largest absolute Gasteiger partial charge is 0.348 e. The van der Waals surface area contributed by atoms with Crippen LogP contribution in [0.15, 0.2) is 35.1 Å². The smallest absolute Gasteiger partial charge is 0.124 e. The van der Waals surface area contributed by atoms with Crippen LogP contribution in [0.1, 0.15) is 36.7 Å². The van der Waals surface area contributed by atoms with Gasteiger partial charge in [-0.15, -0.1) is 0 Å². The molecule has 3 rings (SSSR count). The Balaban J connectivity index is 1.73. The predicted molar refractivity (Wildman–Crippen MR) is 79.6 cm³/mol. The van der Waals surface area contributed by atoms with Gasteiger partial charge in [-0.25, -0.2) is 9.37 Å². The normalized spacial score (nSPS) is 16.3. The van der Waals surface area contributed by atoms with E-state index in [9.17, 15) is 4.39 Å². The zero-order chi connectivity index (χ0) is 13.9. The highest BCUT2D eigenvalue weighted by Crippen LogP contribution is 2.38. The SMILES string of the molecule is Fc1cc(Br)cc(C(CC2CC2)NCc2ncc[nH]2)c1. The molecule has 5 heteroatoms. The van der Waals surface area contributed by atoms with Crippen LogP contribution in [0.4, 0.5) is 4.39 Å². The molecule has 0 aliphatic heterocycles. The summed E-state index contributed by atoms with van der Waals surface area (Å²) in [5.74, 6) is 1.47. The van der Waals surface area contributed by atoms with E-state index in [4.69, 9.17) is 0 Å². The summed E-state index contributed by atoms with van der Waals surface area (Å²) >= 11 is 3.37. The summed E-state index contributed by atoms with van der Waals surface area (Å²) < 4.78 is 14.4. The highest BCUT2D eigenvalue weighted by molar-refractivity contribution is 9.10. The molecule has 3 nitrogen and oxygen atoms in total. The zero-order valence-corrected chi connectivity index (χ0v) is 12.7. The van der Waals surface area contributed by atoms with Crippen molar-refractivity contribution < 1.29 is 4.39 Å². The Labute approximate surface area is 126 Å². The summed E-state index contributed by atoms with van der Waals surface area (Å²) in [4.78, 5) is 7.29. The molecule has 1 aliphatic carbocycles. The summed E-state index contributed by atoms with van der Waals surface area (Å²) in [5.41, 5.74) is 0.996. The first kappa shape index (κ1) is 13.8. The minimum Gasteiger partial charge on any atom is -0.348 e. The van der Waals surface area contributed by atoms with Crippen LogP contribution in [0, 0.1) is 11.7 Å². The Bertz CT molecular complexity index is 546. The molecule has 1 aromatic carbocycles. The molecule has 1 fully saturated rings. The van der Waals surface area contributed by atoms with Crippen LogP contribution in [0.5, 0.6) is 0 Å². The van der Waals surface area contributed by atoms with Gasteiger partial charge in [0, 0.05) is 22.9 Å². The van der Waals surface area contributed by atoms with Gasteiger partial charge in [-0.2, -0.15) is 0 Å². The molecule has 0 saturated heterocycles. The van der Waals surface area contributed by atoms with Gasteiger partial charge in [0.05, 0.1) is 6.54 Å². The van der Waals surface area contributed by atoms with Crippen LogP contribution >= 0.6 is 15.9 Å². The Hall–Kier alpha value is -1.20. The highest BCUT2D eigenvalue weighted by atomic mass is 79.9. The monoisotopic (exact) mass is 337 g/mol. The van der Waals surface area contributed by atoms with Crippen molar-refractivity contribution in [3.8, 4) is 0 Å². The first-order valence-electron chi connectivity index (χ1n) is 6.88. The van der Waals surface area contributed by atoms with E-state index in [1.165, 1.54) is 18.9 Å². The summed E-state index contributed by atoms with van der Waals surface area (Å²) in [6.07, 6.45) is 7.18. The lowest BCUT2D eigenvalue weighted by Gasteiger charge is -2.19. The van der Waals surface area contributed by atoms with Crippen molar-refractivity contribution in [2.75, 3.05) is 0 Å². The van der Waals surface area contributed by atoms with Gasteiger partial charge in [0.2, 0.25) is 0 Å². The maximum atomic E-state index is 13.6. The minimum atomic E-state index is -0.199. The molecule has 0 amide bonds. The molecule has 2 N–H and O–H groups in total. The molecule has 0 spiro atoms. The lowest BCUT2D eigenvalue weighted by molar-refractivity contribution is 0.464. The van der Waals surface area contributed by atoms with E-state index in [0.29, 0.717) is 6.54 Å². The number of nitrogens with one attached hydrogen (secondary N) is 2. The first-order chi connectivity index (χ1) is 9.70. The molecule has 1 aromatic heterocycles. The van der Waals surface area contributed by atoms with E-state index in [1.807, 2.05) is 12.3 Å². The van der Waals surface area contributed by atoms with Crippen molar-refractivity contribution in [2.45, 2.75) is 31.8 Å². The first-order valence-corrected chi connectivity index (χ1v) is 7.67. The lowest BCUT2D eigenvalue weighted by Crippen LogP contribution is -2.22. The molecular formula is C15H17BrFN3. The molecule has 0 radical (unpaired) electrons. The van der Waals surface area contributed by atoms with E-state index in [2.05, 4.69) is 31.2 Å². The molecular weight excluding hydrogens is 321 g/mol. The molecule has 1 heterocycles. The third-order valence-corrected chi connectivity index (χ3v) is 4.08. The molecule has 20 heavy (non-hydrogen) atoms. The maximum Gasteiger partial charge on any atom is 0.124 e. The third-order valence-electron chi connectivity index (χ3n) is 3.62. The van der Waals surface area contributed by atoms with Crippen LogP contribution in [0.25, 0.3) is 0 Å². The van der Waals surface area contributed by atoms with E-state index in [0.717, 1.165) is 28.2 Å². The summed E-state index contributed by atoms with van der Waals surface area (Å²) in [7, 11) is 0. The van der Waals surface area contributed by atoms with Gasteiger partial charge in [0.25, 0.3) is 0 Å². The van der Waals surface area contributed by atoms with Gasteiger partial charge in [0.15, 0.2) is 0 Å². The number of aromatic amines is 1. The molecule has 106 valence electrons. The van der Waals surface area contributed by atoms with Crippen molar-refractivity contribution in [2.24, 2.45) is 5.92 Å². The Morgan fingerprint density at radius 2 is 2.25 bits per heavy atom. The van der Waals surface area contributed by atoms with E-state index in [-0.39, 0.29) is 11.9 Å². The fourth-order valence-corrected chi connectivity index (χ4v) is 2.90. The van der Waals surface area contributed by atoms with Crippen molar-refractivity contribution in [3.05, 3.63) is 52.3 Å². The lowest BCUT2D eigenvalue weighted by atomic mass is 10.0. The van der Waals surface area contributed by atoms with Crippen LogP contribution in [-0.2, 0) is 6.54 Å². The molecule has 1 saturated carbocycles. The van der Waals surface area contributed by atoms with Gasteiger partial charge in [-0.3, -0.25) is 0 Å². The Kier molecular flexibility index (Phi) is 4.17. The molecule has 1 unspecified atom stereocenters. The summed E-state index contributed by atoms with van der Waals surface area (Å²) in [6, 6.07) is 5.27. The van der Waals surface area contributed by atoms with E-state index < -0.39 is 0 Å². The number of imidazole rings is 1. The summed E-state index contributed by atoms with van der Waals surface area (Å²) in [5, 5.41) is 3.48. The number of aromatic nitrogens is 2. The predicted octanol–water partition coefficient (Wildman–Crippen LogP) is 3.94. The number of benzene rings is 1. The van der Waals surface area contributed by atoms with Crippen LogP contribution in [0.2, 0.25) is 0 Å². The second kappa shape index (κ2) is 6.06. The molecule has 0 bridgehead atoms. The average Bonchev–Trinajstić information content (AvgIpc) is 3.06. The summed E-state index contributed by atoms with van der Waals surface area (Å²) in [6.45, 7) is 0.665. The average molecular weight is 338 g/mol. The number of hydrogen-bond acceptors (Lipinski definition) is 2. The fourth-order valence-electron chi connectivity index (χ4n) is 2.42. The van der Waals surface area contributed by atoms with Crippen LogP contribution < -0.4 is 5.32 Å². The van der Waals surface area contributed by atoms with Gasteiger partial charge in [-0.1, -0.05) is 28.8 Å². The second-order valence-corrected chi connectivity index (χ2v) is 6.27. The minimum absolute atomic E-state index is 0.166. The van der Waals surface area contributed by atoms with Crippen LogP contribution in [0.3, 0.4) is 0 Å². The van der Waals surface area contributed by atoms with Gasteiger partial charge >= 0.3 is 0 Å². The number of nitrogens with zero attached hydrogens (tertiary/aromatic N) is 1. The maximum absolute atomic E-state index is 13.6. The van der Waals surface area contributed by atoms with Crippen molar-refractivity contribution in [1.82, 2.24) is 15.3 Å². The highest BCUT2D eigenvalue weighted by Gasteiger charge is 2.26. The van der Waals surface area contributed by atoms with Crippen molar-refractivity contribution in [1.29, 1.82) is 0 Å². The Morgan fingerprint density at radius 3 is 2.90 bits per heavy atom. The standard InChI is InChI=1S/C15H17BrFN3/c16-12-6-11(7-13(17)8-12)14(5-10-1-2-10)20-9-15-18-3-4-19-15/h3-4,6-8,10,14,20H,1-2,5,9H2,(H,18,19). The van der Waals surface area contributed by atoms with Gasteiger partial charge in [0.1, 0.15) is 11.6 Å². The van der Waals surface area contributed by atoms with E-state index >= 15 is 0 Å². The third kappa shape index (κ3) is 3.67. The Morgan fingerprint density at radius 1 is 1.40 bits per heavy atom. The quantitative estimate of drug-likeness (QED) is 0.838. The zero-order valence-electron chi connectivity index (χ0n) is 11.1. The van der Waals surface area contributed by atoms with Crippen molar-refractivity contribution >= 4 is 15.9 Å². The second-order valence-electron chi connectivity index (χ2n) is 5.35. The number of rotatable bonds is 6. The molecule has 1 aliphatic rings. The van der Waals surface area contributed by atoms with Gasteiger partial charge < -0.3 is 10.3 Å². The fraction of sp³-hybridized carbons (Fsp3) is 0.400. The van der Waals surface area contributed by atoms with Crippen LogP contribution in [-0.4, -0.2) is 9.97 Å².